The molecule has 2 saturated heterocycles. The summed E-state index contributed by atoms with van der Waals surface area (Å²) in [6.07, 6.45) is -5.17. The number of para-hydroxylation sites is 1. The first kappa shape index (κ1) is 86.4. The van der Waals surface area contributed by atoms with Crippen LogP contribution >= 0.6 is 0 Å². The molecule has 4 rings (SSSR count). The summed E-state index contributed by atoms with van der Waals surface area (Å²) in [6.45, 7) is 24.6. The van der Waals surface area contributed by atoms with E-state index in [0.29, 0.717) is 16.4 Å². The SMILES string of the molecule is CCC(C)[C@@H]1NC(=O)[C@H](C(C)C)N(C)C(=O)[C@@H]2C[C@@]3(O)c4ccccc4N(O)[C@H]3N2C(=O)CN(C)C(=O)[C@H]([C@@H](C)CC)N(C)C(=O)[C@H](C(C)C)NC(=O)C(OC(C)=O)N(C)C(=O)[C@H]([C@@H](C)C(C)O)N(C)C(=O)[C@H](C(C)(C)O)N(C)C(=O)CN(C)C(=O)[C@H](C(C)C)N(C)C(=O)[C@H](C(C)C)N(C)C1=O. The molecule has 3 aliphatic heterocycles. The second-order valence-corrected chi connectivity index (χ2v) is 30.3. The number of hydroxylamine groups is 1. The van der Waals surface area contributed by atoms with E-state index < -0.39 is 222 Å². The Kier molecular flexibility index (Phi) is 29.2. The van der Waals surface area contributed by atoms with Gasteiger partial charge in [-0.15, -0.1) is 0 Å². The number of fused-ring (bicyclic) bond motifs is 5. The number of carbonyl (C=O) groups is 13. The van der Waals surface area contributed by atoms with Crippen molar-refractivity contribution in [1.29, 1.82) is 0 Å². The molecule has 0 aromatic heterocycles. The van der Waals surface area contributed by atoms with Crippen LogP contribution in [0.1, 0.15) is 143 Å². The Morgan fingerprint density at radius 3 is 1.45 bits per heavy atom. The van der Waals surface area contributed by atoms with Gasteiger partial charge in [0.25, 0.3) is 12.1 Å². The van der Waals surface area contributed by atoms with Gasteiger partial charge < -0.3 is 79.7 Å². The van der Waals surface area contributed by atoms with Crippen LogP contribution in [0, 0.1) is 41.4 Å². The zero-order chi connectivity index (χ0) is 78.5. The summed E-state index contributed by atoms with van der Waals surface area (Å²) in [6, 6.07) is -7.24. The topological polar surface area (TPSA) is 372 Å². The van der Waals surface area contributed by atoms with Crippen molar-refractivity contribution in [3.8, 4) is 0 Å². The molecule has 1 aromatic carbocycles. The van der Waals surface area contributed by atoms with Gasteiger partial charge in [0.2, 0.25) is 65.0 Å². The Balaban J connectivity index is 2.02. The lowest BCUT2D eigenvalue weighted by Gasteiger charge is -2.43. The van der Waals surface area contributed by atoms with Crippen LogP contribution in [0.15, 0.2) is 24.3 Å². The number of amides is 12. The van der Waals surface area contributed by atoms with Gasteiger partial charge >= 0.3 is 5.97 Å². The van der Waals surface area contributed by atoms with Crippen LogP contribution in [-0.2, 0) is 72.7 Å². The Labute approximate surface area is 601 Å². The van der Waals surface area contributed by atoms with Gasteiger partial charge in [-0.05, 0) is 62.3 Å². The highest BCUT2D eigenvalue weighted by molar-refractivity contribution is 6.00. The number of hydrogen-bond acceptors (Lipinski definition) is 19. The van der Waals surface area contributed by atoms with Crippen molar-refractivity contribution in [2.24, 2.45) is 41.4 Å². The number of rotatable bonds is 12. The average Bonchev–Trinajstić information content (AvgIpc) is 1.54. The van der Waals surface area contributed by atoms with Crippen LogP contribution < -0.4 is 15.7 Å². The molecule has 0 bridgehead atoms. The van der Waals surface area contributed by atoms with Crippen molar-refractivity contribution in [2.75, 3.05) is 81.6 Å². The highest BCUT2D eigenvalue weighted by Crippen LogP contribution is 2.52. The number of hydrogen-bond donors (Lipinski definition) is 6. The lowest BCUT2D eigenvalue weighted by Crippen LogP contribution is -2.65. The van der Waals surface area contributed by atoms with Gasteiger partial charge in [-0.3, -0.25) is 67.5 Å². The number of aliphatic hydroxyl groups excluding tert-OH is 1. The Morgan fingerprint density at radius 2 is 0.971 bits per heavy atom. The molecule has 3 unspecified atom stereocenters. The van der Waals surface area contributed by atoms with Crippen molar-refractivity contribution in [3.05, 3.63) is 29.8 Å². The highest BCUT2D eigenvalue weighted by Gasteiger charge is 2.64. The van der Waals surface area contributed by atoms with E-state index in [-0.39, 0.29) is 17.7 Å². The van der Waals surface area contributed by atoms with Crippen molar-refractivity contribution in [2.45, 2.75) is 221 Å². The third-order valence-electron chi connectivity index (χ3n) is 20.8. The van der Waals surface area contributed by atoms with Crippen molar-refractivity contribution < 1.29 is 87.6 Å². The van der Waals surface area contributed by atoms with E-state index in [1.165, 1.54) is 99.0 Å². The van der Waals surface area contributed by atoms with Crippen LogP contribution in [0.5, 0.6) is 0 Å². The molecule has 0 saturated carbocycles. The third kappa shape index (κ3) is 17.9. The summed E-state index contributed by atoms with van der Waals surface area (Å²) in [5, 5.41) is 53.8. The number of nitrogens with one attached hydrogen (secondary N) is 2. The van der Waals surface area contributed by atoms with Gasteiger partial charge in [0.05, 0.1) is 30.5 Å². The Morgan fingerprint density at radius 1 is 0.539 bits per heavy atom. The minimum Gasteiger partial charge on any atom is -0.432 e. The molecule has 31 heteroatoms. The van der Waals surface area contributed by atoms with Crippen LogP contribution in [0.25, 0.3) is 0 Å². The predicted octanol–water partition coefficient (Wildman–Crippen LogP) is 0.724. The second kappa shape index (κ2) is 34.5. The Bertz CT molecular complexity index is 3270. The van der Waals surface area contributed by atoms with E-state index in [4.69, 9.17) is 4.74 Å². The number of esters is 1. The number of nitrogens with zero attached hydrogens (tertiary/aromatic N) is 11. The van der Waals surface area contributed by atoms with Crippen LogP contribution in [-0.4, -0.2) is 301 Å². The largest absolute Gasteiger partial charge is 0.432 e. The molecule has 6 N–H and O–H groups in total. The molecule has 0 radical (unpaired) electrons. The van der Waals surface area contributed by atoms with Crippen LogP contribution in [0.2, 0.25) is 0 Å². The standard InChI is InChI=1S/C71H117N13O18/c1-27-40(11)51-62(93)78(22)54(39(9)10)65(96)79(23)53(38(7)8)63(94)74(18)34-48(87)76(20)57(70(16,17)99)67(98)81(25)56(42(13)43(14)85)66(97)82(26)68(102-44(15)86)59(90)72-50(36(3)4)61(92)80(24)55(41(12)28-2)64(95)75(19)35-49(88)83-47(60(91)77(21)52(37(5)6)58(89)73-51)33-71(100)45-31-29-30-32-46(45)84(101)69(71)83/h29-32,36-43,47,50-57,68-69,85,99-101H,27-28,33-35H2,1-26H3,(H,72,90)(H,73,89)/t40?,41-,42-,43?,47-,50-,51-,52-,53-,54-,55-,56-,57+,68?,69+,71+/m0/s1. The molecule has 3 aliphatic rings. The van der Waals surface area contributed by atoms with Gasteiger partial charge in [0.1, 0.15) is 60.0 Å². The van der Waals surface area contributed by atoms with E-state index in [9.17, 15) is 39.7 Å². The van der Waals surface area contributed by atoms with Gasteiger partial charge in [0, 0.05) is 88.3 Å². The van der Waals surface area contributed by atoms with E-state index in [1.807, 2.05) is 0 Å². The third-order valence-corrected chi connectivity index (χ3v) is 20.8. The molecule has 3 heterocycles. The fraction of sp³-hybridized carbons (Fsp3) is 0.732. The number of likely N-dealkylation sites (N-methyl/N-ethyl adjacent to an activating group) is 9. The maximum Gasteiger partial charge on any atom is 0.304 e. The number of benzene rings is 1. The van der Waals surface area contributed by atoms with Crippen LogP contribution in [0.4, 0.5) is 5.69 Å². The molecular weight excluding hydrogens is 1320 g/mol. The minimum absolute atomic E-state index is 0.115. The molecule has 0 spiro atoms. The fourth-order valence-electron chi connectivity index (χ4n) is 14.4. The first-order valence-corrected chi connectivity index (χ1v) is 35.1. The Hall–Kier alpha value is -8.03. The van der Waals surface area contributed by atoms with E-state index >= 15 is 43.2 Å². The summed E-state index contributed by atoms with van der Waals surface area (Å²) in [5.41, 5.74) is -3.96. The number of aliphatic hydroxyl groups is 3. The summed E-state index contributed by atoms with van der Waals surface area (Å²) in [5.74, 6) is -17.1. The lowest BCUT2D eigenvalue weighted by molar-refractivity contribution is -0.174. The normalized spacial score (nSPS) is 28.6. The van der Waals surface area contributed by atoms with Crippen molar-refractivity contribution in [1.82, 2.24) is 59.6 Å². The van der Waals surface area contributed by atoms with E-state index in [1.54, 1.807) is 95.2 Å². The van der Waals surface area contributed by atoms with Gasteiger partial charge in [0.15, 0.2) is 6.17 Å². The first-order valence-electron chi connectivity index (χ1n) is 35.1. The maximum absolute atomic E-state index is 15.5. The van der Waals surface area contributed by atoms with Crippen molar-refractivity contribution >= 4 is 82.5 Å². The molecule has 16 atom stereocenters. The second-order valence-electron chi connectivity index (χ2n) is 30.3. The number of carbonyl (C=O) groups excluding carboxylic acids is 13. The summed E-state index contributed by atoms with van der Waals surface area (Å²) in [4.78, 5) is 204. The predicted molar refractivity (Wildman–Crippen MR) is 376 cm³/mol. The zero-order valence-electron chi connectivity index (χ0n) is 64.7. The number of ether oxygens (including phenoxy) is 1. The summed E-state index contributed by atoms with van der Waals surface area (Å²) < 4.78 is 5.50. The first-order chi connectivity index (χ1) is 47.0. The average molecular weight is 1440 g/mol. The smallest absolute Gasteiger partial charge is 0.304 e. The molecule has 102 heavy (non-hydrogen) atoms. The molecule has 12 amide bonds. The lowest BCUT2D eigenvalue weighted by atomic mass is 9.90. The van der Waals surface area contributed by atoms with Crippen molar-refractivity contribution in [3.63, 3.8) is 0 Å². The highest BCUT2D eigenvalue weighted by atomic mass is 16.6. The summed E-state index contributed by atoms with van der Waals surface area (Å²) >= 11 is 0. The van der Waals surface area contributed by atoms with Gasteiger partial charge in [-0.2, -0.15) is 0 Å². The van der Waals surface area contributed by atoms with E-state index in [2.05, 4.69) is 10.6 Å². The summed E-state index contributed by atoms with van der Waals surface area (Å²) in [7, 11) is 11.4. The molecular formula is C71H117N13O18. The van der Waals surface area contributed by atoms with Crippen LogP contribution in [0.3, 0.4) is 0 Å². The molecule has 1 aromatic rings. The number of anilines is 1. The minimum atomic E-state index is -2.19. The van der Waals surface area contributed by atoms with Gasteiger partial charge in [-0.25, -0.2) is 5.06 Å². The fourth-order valence-corrected chi connectivity index (χ4v) is 14.4. The van der Waals surface area contributed by atoms with E-state index in [0.717, 1.165) is 55.3 Å². The molecule has 2 fully saturated rings. The van der Waals surface area contributed by atoms with Gasteiger partial charge in [-0.1, -0.05) is 121 Å². The monoisotopic (exact) mass is 1440 g/mol. The molecule has 0 aliphatic carbocycles. The molecule has 31 nitrogen and oxygen atoms in total. The maximum atomic E-state index is 15.5. The zero-order valence-corrected chi connectivity index (χ0v) is 64.7. The molecule has 574 valence electrons. The quantitative estimate of drug-likeness (QED) is 0.157.